The van der Waals surface area contributed by atoms with Gasteiger partial charge in [0.25, 0.3) is 0 Å². The Bertz CT molecular complexity index is 1240. The van der Waals surface area contributed by atoms with Crippen molar-refractivity contribution in [3.63, 3.8) is 0 Å². The average Bonchev–Trinajstić information content (AvgIpc) is 3.01. The summed E-state index contributed by atoms with van der Waals surface area (Å²) in [6.07, 6.45) is 0. The normalized spacial score (nSPS) is 12.6. The maximum atomic E-state index is 5.37. The van der Waals surface area contributed by atoms with Gasteiger partial charge in [-0.25, -0.2) is 0 Å². The number of anilines is 1. The quantitative estimate of drug-likeness (QED) is 0.109. The number of piperazine rings is 1. The molecule has 0 saturated carbocycles. The SMILES string of the molecule is COc1ccccc1N1CCN(C(=S)[S-])CC1.Cc1ccc(P(c2ccccc2)c2ccccc2)cc1.[Cl][Pd+]. The third-order valence-electron chi connectivity index (χ3n) is 6.28. The Morgan fingerprint density at radius 2 is 1.21 bits per heavy atom. The van der Waals surface area contributed by atoms with E-state index < -0.39 is 7.92 Å². The third-order valence-corrected chi connectivity index (χ3v) is 9.24. The van der Waals surface area contributed by atoms with E-state index in [0.717, 1.165) is 37.6 Å². The van der Waals surface area contributed by atoms with Crippen molar-refractivity contribution in [2.45, 2.75) is 6.92 Å². The molecule has 1 heterocycles. The number of methoxy groups -OCH3 is 1. The van der Waals surface area contributed by atoms with E-state index in [4.69, 9.17) is 29.6 Å². The molecular weight excluding hydrogens is 653 g/mol. The number of hydrogen-bond acceptors (Lipinski definition) is 4. The van der Waals surface area contributed by atoms with Crippen LogP contribution in [0.2, 0.25) is 0 Å². The second-order valence-electron chi connectivity index (χ2n) is 8.75. The first-order valence-corrected chi connectivity index (χ1v) is 16.7. The fraction of sp³-hybridized carbons (Fsp3) is 0.194. The van der Waals surface area contributed by atoms with Crippen molar-refractivity contribution in [2.75, 3.05) is 38.2 Å². The summed E-state index contributed by atoms with van der Waals surface area (Å²) in [7, 11) is 5.73. The Balaban J connectivity index is 0.000000205. The molecule has 1 saturated heterocycles. The molecule has 1 fully saturated rings. The summed E-state index contributed by atoms with van der Waals surface area (Å²) in [6.45, 7) is 5.77. The second-order valence-corrected chi connectivity index (χ2v) is 12.0. The van der Waals surface area contributed by atoms with Gasteiger partial charge < -0.3 is 39.4 Å². The standard InChI is InChI=1S/C19H17P.C12H16N2OS2.ClH.Pd/c1-16-12-14-19(15-13-16)20(17-8-4-2-5-9-17)18-10-6-3-7-11-18;1-15-11-5-3-2-4-10(11)13-6-8-14(9-7-13)12(16)17;;/h2-15H,1H3;2-5H,6-9H2,1H3,(H,16,17);1H;/q;;;+2/p-2. The number of para-hydroxylation sites is 2. The Labute approximate surface area is 260 Å². The van der Waals surface area contributed by atoms with Gasteiger partial charge in [0.05, 0.1) is 12.8 Å². The Morgan fingerprint density at radius 3 is 1.69 bits per heavy atom. The van der Waals surface area contributed by atoms with Gasteiger partial charge in [-0.05, 0) is 42.9 Å². The molecule has 0 amide bonds. The van der Waals surface area contributed by atoms with Crippen LogP contribution >= 0.6 is 29.7 Å². The molecule has 8 heteroatoms. The molecule has 206 valence electrons. The number of nitrogens with zero attached hydrogens (tertiary/aromatic N) is 2. The first-order valence-electron chi connectivity index (χ1n) is 12.5. The summed E-state index contributed by atoms with van der Waals surface area (Å²) in [5.41, 5.74) is 2.45. The molecule has 0 bridgehead atoms. The number of benzene rings is 4. The van der Waals surface area contributed by atoms with E-state index in [2.05, 4.69) is 135 Å². The van der Waals surface area contributed by atoms with Crippen molar-refractivity contribution in [1.29, 1.82) is 0 Å². The van der Waals surface area contributed by atoms with Gasteiger partial charge in [0.2, 0.25) is 0 Å². The molecule has 0 N–H and O–H groups in total. The van der Waals surface area contributed by atoms with Crippen molar-refractivity contribution < 1.29 is 22.9 Å². The Hall–Kier alpha value is -2.03. The predicted molar refractivity (Wildman–Crippen MR) is 172 cm³/mol. The predicted octanol–water partition coefficient (Wildman–Crippen LogP) is 6.09. The van der Waals surface area contributed by atoms with Crippen LogP contribution < -0.4 is 25.6 Å². The molecule has 0 aromatic heterocycles. The van der Waals surface area contributed by atoms with Gasteiger partial charge >= 0.3 is 27.7 Å². The first kappa shape index (κ1) is 31.5. The molecule has 0 unspecified atom stereocenters. The molecule has 0 atom stereocenters. The van der Waals surface area contributed by atoms with Gasteiger partial charge in [-0.2, -0.15) is 0 Å². The van der Waals surface area contributed by atoms with Crippen molar-refractivity contribution >= 4 is 68.2 Å². The number of thiocarbonyl (C=S) groups is 1. The Morgan fingerprint density at radius 1 is 0.744 bits per heavy atom. The van der Waals surface area contributed by atoms with Gasteiger partial charge in [-0.15, -0.1) is 0 Å². The van der Waals surface area contributed by atoms with E-state index in [1.165, 1.54) is 21.5 Å². The van der Waals surface area contributed by atoms with Crippen molar-refractivity contribution in [3.8, 4) is 5.75 Å². The van der Waals surface area contributed by atoms with Crippen LogP contribution in [0.15, 0.2) is 109 Å². The summed E-state index contributed by atoms with van der Waals surface area (Å²) >= 11 is 12.3. The number of hydrogen-bond donors (Lipinski definition) is 0. The summed E-state index contributed by atoms with van der Waals surface area (Å²) < 4.78 is 5.94. The van der Waals surface area contributed by atoms with Crippen LogP contribution in [-0.2, 0) is 30.8 Å². The van der Waals surface area contributed by atoms with Gasteiger partial charge in [-0.1, -0.05) is 107 Å². The fourth-order valence-electron chi connectivity index (χ4n) is 4.32. The molecule has 39 heavy (non-hydrogen) atoms. The van der Waals surface area contributed by atoms with Crippen LogP contribution in [0.4, 0.5) is 5.69 Å². The van der Waals surface area contributed by atoms with E-state index in [0.29, 0.717) is 4.32 Å². The topological polar surface area (TPSA) is 15.7 Å². The van der Waals surface area contributed by atoms with E-state index in [1.807, 2.05) is 18.2 Å². The number of ether oxygens (including phenoxy) is 1. The minimum absolute atomic E-state index is 0.458. The summed E-state index contributed by atoms with van der Waals surface area (Å²) in [6, 6.07) is 38.6. The molecule has 1 aliphatic rings. The zero-order chi connectivity index (χ0) is 28.0. The van der Waals surface area contributed by atoms with Crippen LogP contribution in [0.1, 0.15) is 5.56 Å². The van der Waals surface area contributed by atoms with Crippen LogP contribution in [-0.4, -0.2) is 42.5 Å². The number of halogens is 1. The zero-order valence-electron chi connectivity index (χ0n) is 22.0. The number of aryl methyl sites for hydroxylation is 1. The molecule has 5 rings (SSSR count). The van der Waals surface area contributed by atoms with Gasteiger partial charge in [-0.3, -0.25) is 0 Å². The van der Waals surface area contributed by atoms with Crippen molar-refractivity contribution in [2.24, 2.45) is 0 Å². The second kappa shape index (κ2) is 16.9. The molecule has 4 aromatic rings. The maximum absolute atomic E-state index is 5.37. The Kier molecular flexibility index (Phi) is 13.7. The van der Waals surface area contributed by atoms with E-state index >= 15 is 0 Å². The zero-order valence-corrected chi connectivity index (χ0v) is 26.8. The molecule has 0 radical (unpaired) electrons. The molecule has 0 spiro atoms. The molecule has 4 aromatic carbocycles. The van der Waals surface area contributed by atoms with Crippen molar-refractivity contribution in [3.05, 3.63) is 115 Å². The molecule has 3 nitrogen and oxygen atoms in total. The van der Waals surface area contributed by atoms with E-state index in [-0.39, 0.29) is 0 Å². The summed E-state index contributed by atoms with van der Waals surface area (Å²) in [4.78, 5) is 4.37. The van der Waals surface area contributed by atoms with Crippen LogP contribution in [0.25, 0.3) is 0 Å². The molecule has 0 aliphatic carbocycles. The summed E-state index contributed by atoms with van der Waals surface area (Å²) in [5.74, 6) is 0.918. The van der Waals surface area contributed by atoms with Crippen LogP contribution in [0.5, 0.6) is 5.75 Å². The molecular formula is C31H32ClN2OPPdS2. The fourth-order valence-corrected chi connectivity index (χ4v) is 6.96. The summed E-state index contributed by atoms with van der Waals surface area (Å²) in [5, 5.41) is 4.21. The van der Waals surface area contributed by atoms with Gasteiger partial charge in [0, 0.05) is 26.2 Å². The van der Waals surface area contributed by atoms with E-state index in [9.17, 15) is 0 Å². The monoisotopic (exact) mass is 684 g/mol. The average molecular weight is 686 g/mol. The third kappa shape index (κ3) is 9.26. The van der Waals surface area contributed by atoms with Crippen molar-refractivity contribution in [1.82, 2.24) is 4.90 Å². The van der Waals surface area contributed by atoms with E-state index in [1.54, 1.807) is 7.11 Å². The molecule has 1 aliphatic heterocycles. The van der Waals surface area contributed by atoms with Gasteiger partial charge in [0.1, 0.15) is 5.75 Å². The first-order chi connectivity index (χ1) is 19.1. The minimum atomic E-state index is -0.458. The van der Waals surface area contributed by atoms with Crippen LogP contribution in [0, 0.1) is 6.92 Å². The van der Waals surface area contributed by atoms with Crippen LogP contribution in [0.3, 0.4) is 0 Å². The van der Waals surface area contributed by atoms with Gasteiger partial charge in [0.15, 0.2) is 0 Å². The number of rotatable bonds is 5.